The second-order valence-electron chi connectivity index (χ2n) is 10.6. The Bertz CT molecular complexity index is 1850. The second kappa shape index (κ2) is 8.52. The van der Waals surface area contributed by atoms with Crippen LogP contribution in [-0.4, -0.2) is 46.5 Å². The van der Waals surface area contributed by atoms with E-state index in [1.807, 2.05) is 13.8 Å². The lowest BCUT2D eigenvalue weighted by Crippen LogP contribution is -2.41. The summed E-state index contributed by atoms with van der Waals surface area (Å²) >= 11 is 0. The first-order valence-electron chi connectivity index (χ1n) is 13.6. The maximum atomic E-state index is 16.1. The van der Waals surface area contributed by atoms with E-state index in [4.69, 9.17) is 0 Å². The Morgan fingerprint density at radius 3 is 1.27 bits per heavy atom. The van der Waals surface area contributed by atoms with Crippen molar-refractivity contribution in [2.24, 2.45) is 0 Å². The average molecular weight is 539 g/mol. The first kappa shape index (κ1) is 24.6. The van der Waals surface area contributed by atoms with Gasteiger partial charge in [-0.15, -0.1) is 0 Å². The average Bonchev–Trinajstić information content (AvgIpc) is 2.94. The van der Waals surface area contributed by atoms with Gasteiger partial charge in [-0.05, 0) is 47.9 Å². The molecule has 2 aliphatic heterocycles. The fourth-order valence-corrected chi connectivity index (χ4v) is 6.51. The molecule has 2 heterocycles. The molecule has 5 aromatic carbocycles. The third-order valence-corrected chi connectivity index (χ3v) is 8.38. The molecule has 5 aromatic rings. The molecule has 0 unspecified atom stereocenters. The van der Waals surface area contributed by atoms with Gasteiger partial charge in [0, 0.05) is 56.5 Å². The van der Waals surface area contributed by atoms with Crippen molar-refractivity contribution in [1.29, 1.82) is 0 Å². The Kier molecular flexibility index (Phi) is 5.23. The minimum atomic E-state index is -0.691. The normalized spacial score (nSPS) is 15.2. The number of rotatable bonds is 6. The Labute approximate surface area is 227 Å². The predicted molar refractivity (Wildman–Crippen MR) is 148 cm³/mol. The standard InChI is InChI=1S/C32H24F2N2O4/c1-3-5-11-35-29(37)17-9-7-15-26-22(34)14-20-24-18(30(38)36(32(20)40)12-6-4-2)10-8-16(28(24)26)25-21(33)13-19(31(35)39)23(17)27(15)25/h7-10,13-14H,3-6,11-12H2,1-2H3. The van der Waals surface area contributed by atoms with E-state index in [2.05, 4.69) is 0 Å². The van der Waals surface area contributed by atoms with Gasteiger partial charge in [-0.3, -0.25) is 29.0 Å². The van der Waals surface area contributed by atoms with Crippen LogP contribution in [0.25, 0.3) is 43.1 Å². The van der Waals surface area contributed by atoms with Crippen molar-refractivity contribution in [3.05, 3.63) is 70.3 Å². The molecule has 6 nitrogen and oxygen atoms in total. The molecule has 4 amide bonds. The van der Waals surface area contributed by atoms with E-state index < -0.39 is 35.3 Å². The van der Waals surface area contributed by atoms with Crippen molar-refractivity contribution >= 4 is 66.7 Å². The summed E-state index contributed by atoms with van der Waals surface area (Å²) < 4.78 is 32.1. The van der Waals surface area contributed by atoms with Gasteiger partial charge in [0.15, 0.2) is 0 Å². The minimum Gasteiger partial charge on any atom is -0.274 e. The number of carbonyl (C=O) groups is 4. The van der Waals surface area contributed by atoms with Gasteiger partial charge < -0.3 is 0 Å². The van der Waals surface area contributed by atoms with Crippen LogP contribution in [0.3, 0.4) is 0 Å². The van der Waals surface area contributed by atoms with Crippen molar-refractivity contribution in [2.75, 3.05) is 13.1 Å². The molecule has 0 spiro atoms. The van der Waals surface area contributed by atoms with E-state index in [0.717, 1.165) is 34.8 Å². The molecule has 0 aliphatic carbocycles. The fourth-order valence-electron chi connectivity index (χ4n) is 6.51. The van der Waals surface area contributed by atoms with Crippen LogP contribution in [-0.2, 0) is 0 Å². The zero-order valence-corrected chi connectivity index (χ0v) is 22.0. The molecule has 0 aromatic heterocycles. The van der Waals surface area contributed by atoms with Crippen LogP contribution in [0.5, 0.6) is 0 Å². The first-order valence-corrected chi connectivity index (χ1v) is 13.6. The van der Waals surface area contributed by atoms with Gasteiger partial charge in [0.05, 0.1) is 11.1 Å². The molecular weight excluding hydrogens is 514 g/mol. The molecule has 40 heavy (non-hydrogen) atoms. The lowest BCUT2D eigenvalue weighted by molar-refractivity contribution is 0.0593. The van der Waals surface area contributed by atoms with Crippen LogP contribution in [0.1, 0.15) is 81.0 Å². The lowest BCUT2D eigenvalue weighted by Gasteiger charge is -2.30. The van der Waals surface area contributed by atoms with Crippen LogP contribution in [0.2, 0.25) is 0 Å². The molecule has 0 N–H and O–H groups in total. The number of imide groups is 2. The minimum absolute atomic E-state index is 0.0650. The topological polar surface area (TPSA) is 74.8 Å². The Hall–Kier alpha value is -4.46. The van der Waals surface area contributed by atoms with E-state index in [0.29, 0.717) is 34.4 Å². The lowest BCUT2D eigenvalue weighted by atomic mass is 9.81. The number of hydrogen-bond acceptors (Lipinski definition) is 4. The summed E-state index contributed by atoms with van der Waals surface area (Å²) in [7, 11) is 0. The summed E-state index contributed by atoms with van der Waals surface area (Å²) in [5.74, 6) is -3.46. The molecule has 2 aliphatic rings. The molecule has 7 rings (SSSR count). The predicted octanol–water partition coefficient (Wildman–Crippen LogP) is 6.81. The Morgan fingerprint density at radius 2 is 0.900 bits per heavy atom. The third-order valence-electron chi connectivity index (χ3n) is 8.38. The van der Waals surface area contributed by atoms with E-state index in [1.165, 1.54) is 0 Å². The van der Waals surface area contributed by atoms with Gasteiger partial charge in [0.2, 0.25) is 0 Å². The van der Waals surface area contributed by atoms with Crippen molar-refractivity contribution in [3.8, 4) is 0 Å². The van der Waals surface area contributed by atoms with E-state index in [-0.39, 0.29) is 56.9 Å². The van der Waals surface area contributed by atoms with E-state index >= 15 is 8.78 Å². The Balaban J connectivity index is 1.61. The highest BCUT2D eigenvalue weighted by Crippen LogP contribution is 2.48. The van der Waals surface area contributed by atoms with Crippen molar-refractivity contribution in [3.63, 3.8) is 0 Å². The van der Waals surface area contributed by atoms with Crippen LogP contribution in [0.15, 0.2) is 36.4 Å². The smallest absolute Gasteiger partial charge is 0.261 e. The van der Waals surface area contributed by atoms with E-state index in [1.54, 1.807) is 24.3 Å². The number of carbonyl (C=O) groups excluding carboxylic acids is 4. The summed E-state index contributed by atoms with van der Waals surface area (Å²) in [5.41, 5.74) is 0.652. The summed E-state index contributed by atoms with van der Waals surface area (Å²) in [6.07, 6.45) is 2.79. The number of halogens is 2. The highest BCUT2D eigenvalue weighted by Gasteiger charge is 2.38. The van der Waals surface area contributed by atoms with Crippen molar-refractivity contribution in [2.45, 2.75) is 39.5 Å². The molecule has 200 valence electrons. The maximum absolute atomic E-state index is 16.1. The fraction of sp³-hybridized carbons (Fsp3) is 0.250. The summed E-state index contributed by atoms with van der Waals surface area (Å²) in [6.45, 7) is 4.34. The van der Waals surface area contributed by atoms with Crippen LogP contribution in [0, 0.1) is 11.6 Å². The number of nitrogens with zero attached hydrogens (tertiary/aromatic N) is 2. The molecule has 0 atom stereocenters. The van der Waals surface area contributed by atoms with Gasteiger partial charge in [0.1, 0.15) is 11.6 Å². The number of benzene rings is 5. The van der Waals surface area contributed by atoms with E-state index in [9.17, 15) is 19.2 Å². The summed E-state index contributed by atoms with van der Waals surface area (Å²) in [6, 6.07) is 8.56. The Morgan fingerprint density at radius 1 is 0.525 bits per heavy atom. The van der Waals surface area contributed by atoms with Gasteiger partial charge in [0.25, 0.3) is 23.6 Å². The van der Waals surface area contributed by atoms with Gasteiger partial charge in [-0.2, -0.15) is 0 Å². The second-order valence-corrected chi connectivity index (χ2v) is 10.6. The molecule has 0 fully saturated rings. The summed E-state index contributed by atoms with van der Waals surface area (Å²) in [4.78, 5) is 55.9. The zero-order chi connectivity index (χ0) is 28.0. The van der Waals surface area contributed by atoms with Gasteiger partial charge in [-0.25, -0.2) is 8.78 Å². The summed E-state index contributed by atoms with van der Waals surface area (Å²) in [5, 5.41) is 2.07. The molecule has 8 heteroatoms. The largest absolute Gasteiger partial charge is 0.274 e. The third kappa shape index (κ3) is 2.96. The highest BCUT2D eigenvalue weighted by molar-refractivity contribution is 6.41. The van der Waals surface area contributed by atoms with Crippen LogP contribution < -0.4 is 0 Å². The highest BCUT2D eigenvalue weighted by atomic mass is 19.1. The van der Waals surface area contributed by atoms with Crippen LogP contribution in [0.4, 0.5) is 8.78 Å². The van der Waals surface area contributed by atoms with Crippen LogP contribution >= 0.6 is 0 Å². The quantitative estimate of drug-likeness (QED) is 0.135. The maximum Gasteiger partial charge on any atom is 0.261 e. The number of hydrogen-bond donors (Lipinski definition) is 0. The zero-order valence-electron chi connectivity index (χ0n) is 22.0. The number of fused-ring (bicyclic) bond motifs is 2. The molecular formula is C32H24F2N2O4. The molecule has 0 saturated carbocycles. The van der Waals surface area contributed by atoms with Gasteiger partial charge >= 0.3 is 0 Å². The monoisotopic (exact) mass is 538 g/mol. The molecule has 0 bridgehead atoms. The molecule has 0 saturated heterocycles. The SMILES string of the molecule is CCCCN1C(=O)c2ccc3c4c(F)cc5c6c(ccc(c7c(F)cc(c2c37)C1=O)c64)C(=O)N(CCCC)C5=O. The first-order chi connectivity index (χ1) is 19.3. The van der Waals surface area contributed by atoms with Crippen molar-refractivity contribution in [1.82, 2.24) is 9.80 Å². The van der Waals surface area contributed by atoms with Crippen molar-refractivity contribution < 1.29 is 28.0 Å². The number of unbranched alkanes of at least 4 members (excludes halogenated alkanes) is 2. The molecule has 0 radical (unpaired) electrons. The van der Waals surface area contributed by atoms with Gasteiger partial charge in [-0.1, -0.05) is 38.8 Å². The number of amides is 4.